The SMILES string of the molecule is CCc1cccc(NC(=S)N2CCN(c3ccccc3OC)CC2)c1. The number of nitrogens with zero attached hydrogens (tertiary/aromatic N) is 2. The zero-order chi connectivity index (χ0) is 17.6. The smallest absolute Gasteiger partial charge is 0.173 e. The third-order valence-electron chi connectivity index (χ3n) is 4.58. The number of ether oxygens (including phenoxy) is 1. The van der Waals surface area contributed by atoms with Crippen LogP contribution >= 0.6 is 12.2 Å². The molecule has 0 atom stereocenters. The molecular formula is C20H25N3OS. The fourth-order valence-electron chi connectivity index (χ4n) is 3.11. The van der Waals surface area contributed by atoms with Crippen molar-refractivity contribution < 1.29 is 4.74 Å². The van der Waals surface area contributed by atoms with Crippen molar-refractivity contribution in [3.8, 4) is 5.75 Å². The molecule has 132 valence electrons. The van der Waals surface area contributed by atoms with Crippen molar-refractivity contribution in [3.63, 3.8) is 0 Å². The Morgan fingerprint density at radius 1 is 1.08 bits per heavy atom. The number of thiocarbonyl (C=S) groups is 1. The molecule has 1 fully saturated rings. The van der Waals surface area contributed by atoms with Crippen LogP contribution in [0.3, 0.4) is 0 Å². The van der Waals surface area contributed by atoms with Crippen molar-refractivity contribution in [2.24, 2.45) is 0 Å². The van der Waals surface area contributed by atoms with Gasteiger partial charge in [0.25, 0.3) is 0 Å². The lowest BCUT2D eigenvalue weighted by molar-refractivity contribution is 0.382. The second-order valence-corrected chi connectivity index (χ2v) is 6.52. The summed E-state index contributed by atoms with van der Waals surface area (Å²) in [6, 6.07) is 16.6. The van der Waals surface area contributed by atoms with Crippen LogP contribution in [0.5, 0.6) is 5.75 Å². The van der Waals surface area contributed by atoms with Crippen LogP contribution in [0, 0.1) is 0 Å². The first-order chi connectivity index (χ1) is 12.2. The lowest BCUT2D eigenvalue weighted by Gasteiger charge is -2.37. The summed E-state index contributed by atoms with van der Waals surface area (Å²) in [5.74, 6) is 0.924. The number of hydrogen-bond donors (Lipinski definition) is 1. The number of hydrogen-bond acceptors (Lipinski definition) is 3. The van der Waals surface area contributed by atoms with Crippen LogP contribution in [0.1, 0.15) is 12.5 Å². The molecule has 1 N–H and O–H groups in total. The van der Waals surface area contributed by atoms with Gasteiger partial charge >= 0.3 is 0 Å². The molecule has 25 heavy (non-hydrogen) atoms. The zero-order valence-corrected chi connectivity index (χ0v) is 15.7. The number of rotatable bonds is 4. The van der Waals surface area contributed by atoms with Crippen molar-refractivity contribution in [2.45, 2.75) is 13.3 Å². The van der Waals surface area contributed by atoms with E-state index in [0.717, 1.165) is 54.8 Å². The third kappa shape index (κ3) is 4.23. The number of methoxy groups -OCH3 is 1. The number of aryl methyl sites for hydroxylation is 1. The van der Waals surface area contributed by atoms with E-state index < -0.39 is 0 Å². The number of nitrogens with one attached hydrogen (secondary N) is 1. The zero-order valence-electron chi connectivity index (χ0n) is 14.9. The van der Waals surface area contributed by atoms with E-state index >= 15 is 0 Å². The first kappa shape index (κ1) is 17.5. The van der Waals surface area contributed by atoms with Gasteiger partial charge in [-0.2, -0.15) is 0 Å². The van der Waals surface area contributed by atoms with Crippen LogP contribution in [0.15, 0.2) is 48.5 Å². The van der Waals surface area contributed by atoms with Gasteiger partial charge in [-0.1, -0.05) is 31.2 Å². The molecule has 1 aliphatic heterocycles. The number of benzene rings is 2. The summed E-state index contributed by atoms with van der Waals surface area (Å²) >= 11 is 5.61. The van der Waals surface area contributed by atoms with Gasteiger partial charge in [0.2, 0.25) is 0 Å². The standard InChI is InChI=1S/C20H25N3OS/c1-3-16-7-6-8-17(15-16)21-20(25)23-13-11-22(12-14-23)18-9-4-5-10-19(18)24-2/h4-10,15H,3,11-14H2,1-2H3,(H,21,25). The number of para-hydroxylation sites is 2. The summed E-state index contributed by atoms with van der Waals surface area (Å²) in [5.41, 5.74) is 3.53. The predicted molar refractivity (Wildman–Crippen MR) is 109 cm³/mol. The Morgan fingerprint density at radius 2 is 1.84 bits per heavy atom. The summed E-state index contributed by atoms with van der Waals surface area (Å²) in [6.45, 7) is 5.82. The molecule has 2 aromatic rings. The van der Waals surface area contributed by atoms with E-state index in [9.17, 15) is 0 Å². The molecule has 0 saturated carbocycles. The molecule has 1 saturated heterocycles. The van der Waals surface area contributed by atoms with Crippen molar-refractivity contribution >= 4 is 28.7 Å². The lowest BCUT2D eigenvalue weighted by atomic mass is 10.1. The molecular weight excluding hydrogens is 330 g/mol. The van der Waals surface area contributed by atoms with Gasteiger partial charge in [-0.25, -0.2) is 0 Å². The molecule has 0 unspecified atom stereocenters. The highest BCUT2D eigenvalue weighted by Crippen LogP contribution is 2.28. The van der Waals surface area contributed by atoms with Crippen molar-refractivity contribution in [3.05, 3.63) is 54.1 Å². The number of piperazine rings is 1. The summed E-state index contributed by atoms with van der Waals surface area (Å²) < 4.78 is 5.48. The maximum Gasteiger partial charge on any atom is 0.173 e. The lowest BCUT2D eigenvalue weighted by Crippen LogP contribution is -2.50. The van der Waals surface area contributed by atoms with Gasteiger partial charge in [0.1, 0.15) is 5.75 Å². The first-order valence-electron chi connectivity index (χ1n) is 8.74. The average Bonchev–Trinajstić information content (AvgIpc) is 2.68. The van der Waals surface area contributed by atoms with E-state index in [1.807, 2.05) is 12.1 Å². The van der Waals surface area contributed by atoms with E-state index in [1.165, 1.54) is 5.56 Å². The Balaban J connectivity index is 1.59. The van der Waals surface area contributed by atoms with Crippen LogP contribution in [-0.2, 0) is 6.42 Å². The minimum absolute atomic E-state index is 0.799. The van der Waals surface area contributed by atoms with E-state index in [-0.39, 0.29) is 0 Å². The first-order valence-corrected chi connectivity index (χ1v) is 9.15. The van der Waals surface area contributed by atoms with Crippen LogP contribution in [0.2, 0.25) is 0 Å². The van der Waals surface area contributed by atoms with Crippen LogP contribution in [0.4, 0.5) is 11.4 Å². The Labute approximate surface area is 155 Å². The molecule has 0 aromatic heterocycles. The maximum absolute atomic E-state index is 5.61. The van der Waals surface area contributed by atoms with Crippen molar-refractivity contribution in [2.75, 3.05) is 43.5 Å². The molecule has 0 radical (unpaired) electrons. The summed E-state index contributed by atoms with van der Waals surface area (Å²) in [4.78, 5) is 4.59. The molecule has 0 aliphatic carbocycles. The van der Waals surface area contributed by atoms with Crippen molar-refractivity contribution in [1.29, 1.82) is 0 Å². The molecule has 2 aromatic carbocycles. The summed E-state index contributed by atoms with van der Waals surface area (Å²) in [5, 5.41) is 4.18. The highest BCUT2D eigenvalue weighted by molar-refractivity contribution is 7.80. The summed E-state index contributed by atoms with van der Waals surface area (Å²) in [6.07, 6.45) is 1.03. The van der Waals surface area contributed by atoms with Crippen LogP contribution in [0.25, 0.3) is 0 Å². The predicted octanol–water partition coefficient (Wildman–Crippen LogP) is 3.78. The van der Waals surface area contributed by atoms with Crippen LogP contribution < -0.4 is 15.0 Å². The quantitative estimate of drug-likeness (QED) is 0.843. The fourth-order valence-corrected chi connectivity index (χ4v) is 3.41. The molecule has 4 nitrogen and oxygen atoms in total. The second kappa shape index (κ2) is 8.21. The minimum atomic E-state index is 0.799. The Hall–Kier alpha value is -2.27. The van der Waals surface area contributed by atoms with Gasteiger partial charge in [0.05, 0.1) is 12.8 Å². The van der Waals surface area contributed by atoms with E-state index in [2.05, 4.69) is 58.4 Å². The topological polar surface area (TPSA) is 27.7 Å². The molecule has 1 heterocycles. The molecule has 0 amide bonds. The highest BCUT2D eigenvalue weighted by Gasteiger charge is 2.21. The largest absolute Gasteiger partial charge is 0.495 e. The van der Waals surface area contributed by atoms with Gasteiger partial charge in [-0.15, -0.1) is 0 Å². The van der Waals surface area contributed by atoms with E-state index in [1.54, 1.807) is 7.11 Å². The maximum atomic E-state index is 5.61. The van der Waals surface area contributed by atoms with Gasteiger partial charge in [-0.3, -0.25) is 0 Å². The Bertz CT molecular complexity index is 726. The highest BCUT2D eigenvalue weighted by atomic mass is 32.1. The Kier molecular flexibility index (Phi) is 5.76. The van der Waals surface area contributed by atoms with E-state index in [0.29, 0.717) is 0 Å². The normalized spacial score (nSPS) is 14.3. The molecule has 0 spiro atoms. The number of anilines is 2. The van der Waals surface area contributed by atoms with Gasteiger partial charge in [-0.05, 0) is 48.5 Å². The second-order valence-electron chi connectivity index (χ2n) is 6.13. The van der Waals surface area contributed by atoms with Crippen LogP contribution in [-0.4, -0.2) is 43.3 Å². The van der Waals surface area contributed by atoms with Gasteiger partial charge in [0, 0.05) is 31.9 Å². The van der Waals surface area contributed by atoms with E-state index in [4.69, 9.17) is 17.0 Å². The molecule has 0 bridgehead atoms. The Morgan fingerprint density at radius 3 is 2.56 bits per heavy atom. The van der Waals surface area contributed by atoms with Gasteiger partial charge < -0.3 is 19.9 Å². The average molecular weight is 356 g/mol. The fraction of sp³-hybridized carbons (Fsp3) is 0.350. The molecule has 1 aliphatic rings. The molecule has 3 rings (SSSR count). The monoisotopic (exact) mass is 355 g/mol. The van der Waals surface area contributed by atoms with Crippen molar-refractivity contribution in [1.82, 2.24) is 4.90 Å². The summed E-state index contributed by atoms with van der Waals surface area (Å²) in [7, 11) is 1.72. The third-order valence-corrected chi connectivity index (χ3v) is 4.94. The van der Waals surface area contributed by atoms with Gasteiger partial charge in [0.15, 0.2) is 5.11 Å². The molecule has 5 heteroatoms. The minimum Gasteiger partial charge on any atom is -0.495 e.